The van der Waals surface area contributed by atoms with Gasteiger partial charge < -0.3 is 14.8 Å². The molecule has 114 valence electrons. The highest BCUT2D eigenvalue weighted by atomic mass is 79.9. The number of ether oxygens (including phenoxy) is 2. The minimum Gasteiger partial charge on any atom is -0.497 e. The summed E-state index contributed by atoms with van der Waals surface area (Å²) in [6, 6.07) is 6.35. The molecule has 0 amide bonds. The van der Waals surface area contributed by atoms with Gasteiger partial charge in [0.05, 0.1) is 13.2 Å². The number of hydrogen-bond donors (Lipinski definition) is 1. The molecule has 0 aromatic heterocycles. The van der Waals surface area contributed by atoms with Gasteiger partial charge in [0.1, 0.15) is 5.75 Å². The topological polar surface area (TPSA) is 30.5 Å². The molecule has 0 heterocycles. The SMILES string of the molecule is CCOC(C(C)C)C(Cc1cc(OC)ccc1Br)NC. The molecule has 3 nitrogen and oxygen atoms in total. The van der Waals surface area contributed by atoms with Crippen molar-refractivity contribution in [3.05, 3.63) is 28.2 Å². The van der Waals surface area contributed by atoms with Crippen LogP contribution >= 0.6 is 15.9 Å². The lowest BCUT2D eigenvalue weighted by Gasteiger charge is -2.30. The molecular weight excluding hydrogens is 318 g/mol. The van der Waals surface area contributed by atoms with Gasteiger partial charge in [0.2, 0.25) is 0 Å². The van der Waals surface area contributed by atoms with E-state index >= 15 is 0 Å². The second-order valence-corrected chi connectivity index (χ2v) is 6.07. The molecule has 0 aliphatic heterocycles. The Kier molecular flexibility index (Phi) is 7.56. The third-order valence-corrected chi connectivity index (χ3v) is 4.25. The first kappa shape index (κ1) is 17.5. The van der Waals surface area contributed by atoms with Crippen LogP contribution in [-0.2, 0) is 11.2 Å². The maximum Gasteiger partial charge on any atom is 0.119 e. The van der Waals surface area contributed by atoms with Crippen LogP contribution in [0.2, 0.25) is 0 Å². The molecule has 0 saturated heterocycles. The van der Waals surface area contributed by atoms with Gasteiger partial charge in [-0.05, 0) is 50.1 Å². The molecule has 0 spiro atoms. The molecule has 0 aliphatic rings. The minimum atomic E-state index is 0.197. The van der Waals surface area contributed by atoms with E-state index in [0.717, 1.165) is 23.2 Å². The van der Waals surface area contributed by atoms with Crippen molar-refractivity contribution in [1.82, 2.24) is 5.32 Å². The summed E-state index contributed by atoms with van der Waals surface area (Å²) in [5.74, 6) is 1.35. The predicted molar refractivity (Wildman–Crippen MR) is 87.5 cm³/mol. The van der Waals surface area contributed by atoms with Crippen molar-refractivity contribution in [2.75, 3.05) is 20.8 Å². The molecule has 0 bridgehead atoms. The molecule has 2 unspecified atom stereocenters. The highest BCUT2D eigenvalue weighted by molar-refractivity contribution is 9.10. The lowest BCUT2D eigenvalue weighted by Crippen LogP contribution is -2.44. The summed E-state index contributed by atoms with van der Waals surface area (Å²) in [6.45, 7) is 7.18. The summed E-state index contributed by atoms with van der Waals surface area (Å²) in [7, 11) is 3.69. The maximum atomic E-state index is 5.92. The van der Waals surface area contributed by atoms with E-state index in [1.54, 1.807) is 7.11 Å². The lowest BCUT2D eigenvalue weighted by molar-refractivity contribution is 0.00531. The third kappa shape index (κ3) is 4.76. The number of rotatable bonds is 8. The van der Waals surface area contributed by atoms with Crippen molar-refractivity contribution in [2.45, 2.75) is 39.3 Å². The number of benzene rings is 1. The molecule has 2 atom stereocenters. The van der Waals surface area contributed by atoms with E-state index in [9.17, 15) is 0 Å². The van der Waals surface area contributed by atoms with Crippen LogP contribution in [-0.4, -0.2) is 32.9 Å². The largest absolute Gasteiger partial charge is 0.497 e. The number of methoxy groups -OCH3 is 1. The first-order valence-corrected chi connectivity index (χ1v) is 7.94. The van der Waals surface area contributed by atoms with Gasteiger partial charge in [0.25, 0.3) is 0 Å². The van der Waals surface area contributed by atoms with Gasteiger partial charge in [0, 0.05) is 17.1 Å². The fourth-order valence-electron chi connectivity index (χ4n) is 2.42. The third-order valence-electron chi connectivity index (χ3n) is 3.48. The Bertz CT molecular complexity index is 409. The summed E-state index contributed by atoms with van der Waals surface area (Å²) in [6.07, 6.45) is 1.10. The molecule has 1 aromatic rings. The van der Waals surface area contributed by atoms with Gasteiger partial charge in [-0.3, -0.25) is 0 Å². The molecule has 0 fully saturated rings. The van der Waals surface area contributed by atoms with Crippen molar-refractivity contribution in [1.29, 1.82) is 0 Å². The second-order valence-electron chi connectivity index (χ2n) is 5.22. The Balaban J connectivity index is 2.91. The van der Waals surface area contributed by atoms with Crippen LogP contribution in [0.4, 0.5) is 0 Å². The lowest BCUT2D eigenvalue weighted by atomic mass is 9.94. The summed E-state index contributed by atoms with van der Waals surface area (Å²) in [5.41, 5.74) is 1.23. The van der Waals surface area contributed by atoms with Crippen molar-refractivity contribution in [3.63, 3.8) is 0 Å². The molecule has 1 rings (SSSR count). The van der Waals surface area contributed by atoms with Crippen molar-refractivity contribution in [2.24, 2.45) is 5.92 Å². The zero-order valence-corrected chi connectivity index (χ0v) is 14.7. The van der Waals surface area contributed by atoms with Crippen LogP contribution in [0.1, 0.15) is 26.3 Å². The molecule has 1 N–H and O–H groups in total. The van der Waals surface area contributed by atoms with Crippen LogP contribution in [0, 0.1) is 5.92 Å². The maximum absolute atomic E-state index is 5.92. The molecule has 1 aromatic carbocycles. The van der Waals surface area contributed by atoms with Crippen LogP contribution in [0.5, 0.6) is 5.75 Å². The number of hydrogen-bond acceptors (Lipinski definition) is 3. The smallest absolute Gasteiger partial charge is 0.119 e. The molecule has 20 heavy (non-hydrogen) atoms. The van der Waals surface area contributed by atoms with Gasteiger partial charge in [0.15, 0.2) is 0 Å². The average Bonchev–Trinajstić information content (AvgIpc) is 2.44. The van der Waals surface area contributed by atoms with E-state index < -0.39 is 0 Å². The van der Waals surface area contributed by atoms with Crippen LogP contribution in [0.15, 0.2) is 22.7 Å². The number of likely N-dealkylation sites (N-methyl/N-ethyl adjacent to an activating group) is 1. The monoisotopic (exact) mass is 343 g/mol. The second kappa shape index (κ2) is 8.65. The van der Waals surface area contributed by atoms with Crippen LogP contribution in [0.25, 0.3) is 0 Å². The molecule has 0 saturated carbocycles. The standard InChI is InChI=1S/C16H26BrNO2/c1-6-20-16(11(2)3)15(18-4)10-12-9-13(19-5)7-8-14(12)17/h7-9,11,15-16,18H,6,10H2,1-5H3. The Morgan fingerprint density at radius 3 is 2.50 bits per heavy atom. The predicted octanol–water partition coefficient (Wildman–Crippen LogP) is 3.65. The first-order valence-electron chi connectivity index (χ1n) is 7.14. The number of halogens is 1. The summed E-state index contributed by atoms with van der Waals surface area (Å²) in [4.78, 5) is 0. The van der Waals surface area contributed by atoms with Gasteiger partial charge in [-0.15, -0.1) is 0 Å². The van der Waals surface area contributed by atoms with Gasteiger partial charge in [-0.2, -0.15) is 0 Å². The van der Waals surface area contributed by atoms with Crippen molar-refractivity contribution in [3.8, 4) is 5.75 Å². The zero-order valence-electron chi connectivity index (χ0n) is 13.1. The Hall–Kier alpha value is -0.580. The normalized spacial score (nSPS) is 14.3. The molecule has 0 aliphatic carbocycles. The van der Waals surface area contributed by atoms with E-state index in [1.807, 2.05) is 26.1 Å². The fourth-order valence-corrected chi connectivity index (χ4v) is 2.83. The highest BCUT2D eigenvalue weighted by Gasteiger charge is 2.24. The molecule has 4 heteroatoms. The Morgan fingerprint density at radius 2 is 2.00 bits per heavy atom. The Labute approximate surface area is 131 Å². The Morgan fingerprint density at radius 1 is 1.30 bits per heavy atom. The van der Waals surface area contributed by atoms with E-state index in [4.69, 9.17) is 9.47 Å². The number of nitrogens with one attached hydrogen (secondary N) is 1. The van der Waals surface area contributed by atoms with Gasteiger partial charge in [-0.1, -0.05) is 29.8 Å². The molecule has 0 radical (unpaired) electrons. The van der Waals surface area contributed by atoms with Crippen molar-refractivity contribution >= 4 is 15.9 Å². The van der Waals surface area contributed by atoms with Gasteiger partial charge in [-0.25, -0.2) is 0 Å². The average molecular weight is 344 g/mol. The summed E-state index contributed by atoms with van der Waals surface area (Å²) in [5, 5.41) is 3.39. The zero-order chi connectivity index (χ0) is 15.1. The van der Waals surface area contributed by atoms with E-state index in [2.05, 4.69) is 41.2 Å². The summed E-state index contributed by atoms with van der Waals surface area (Å²) < 4.78 is 12.3. The van der Waals surface area contributed by atoms with Crippen LogP contribution in [0.3, 0.4) is 0 Å². The van der Waals surface area contributed by atoms with Crippen molar-refractivity contribution < 1.29 is 9.47 Å². The van der Waals surface area contributed by atoms with Crippen LogP contribution < -0.4 is 10.1 Å². The quantitative estimate of drug-likeness (QED) is 0.781. The van der Waals surface area contributed by atoms with Gasteiger partial charge >= 0.3 is 0 Å². The fraction of sp³-hybridized carbons (Fsp3) is 0.625. The summed E-state index contributed by atoms with van der Waals surface area (Å²) >= 11 is 3.62. The first-order chi connectivity index (χ1) is 9.53. The van der Waals surface area contributed by atoms with E-state index in [1.165, 1.54) is 5.56 Å². The molecular formula is C16H26BrNO2. The highest BCUT2D eigenvalue weighted by Crippen LogP contribution is 2.25. The van der Waals surface area contributed by atoms with E-state index in [0.29, 0.717) is 5.92 Å². The minimum absolute atomic E-state index is 0.197. The van der Waals surface area contributed by atoms with E-state index in [-0.39, 0.29) is 12.1 Å².